The molecule has 0 aliphatic rings. The third-order valence-electron chi connectivity index (χ3n) is 2.14. The van der Waals surface area contributed by atoms with E-state index in [2.05, 4.69) is 9.36 Å². The molecule has 0 saturated carbocycles. The first-order valence-electron chi connectivity index (χ1n) is 4.98. The molecule has 5 nitrogen and oxygen atoms in total. The molecular formula is C10H7F3N3O2S+. The summed E-state index contributed by atoms with van der Waals surface area (Å²) in [6.07, 6.45) is -1.65. The van der Waals surface area contributed by atoms with Crippen molar-refractivity contribution in [3.05, 3.63) is 30.4 Å². The first-order valence-corrected chi connectivity index (χ1v) is 5.76. The molecule has 0 spiro atoms. The zero-order valence-electron chi connectivity index (χ0n) is 9.26. The van der Waals surface area contributed by atoms with E-state index in [4.69, 9.17) is 5.11 Å². The van der Waals surface area contributed by atoms with Crippen molar-refractivity contribution in [3.63, 3.8) is 0 Å². The maximum absolute atomic E-state index is 12.3. The quantitative estimate of drug-likeness (QED) is 0.872. The van der Waals surface area contributed by atoms with Crippen LogP contribution in [-0.2, 0) is 17.5 Å². The molecule has 2 rings (SSSR count). The highest BCUT2D eigenvalue weighted by atomic mass is 32.1. The summed E-state index contributed by atoms with van der Waals surface area (Å²) in [6.45, 7) is -0.218. The Bertz CT molecular complexity index is 595. The Labute approximate surface area is 109 Å². The van der Waals surface area contributed by atoms with E-state index >= 15 is 0 Å². The fourth-order valence-electron chi connectivity index (χ4n) is 1.32. The van der Waals surface area contributed by atoms with Crippen molar-refractivity contribution in [1.82, 2.24) is 9.36 Å². The zero-order chi connectivity index (χ0) is 14.0. The Hall–Kier alpha value is -2.03. The number of rotatable bonds is 3. The molecule has 0 aliphatic heterocycles. The number of carboxylic acid groups (broad SMARTS) is 1. The van der Waals surface area contributed by atoms with Crippen LogP contribution in [0, 0.1) is 0 Å². The molecule has 0 atom stereocenters. The van der Waals surface area contributed by atoms with E-state index in [9.17, 15) is 18.0 Å². The van der Waals surface area contributed by atoms with Crippen LogP contribution in [0.1, 0.15) is 5.82 Å². The summed E-state index contributed by atoms with van der Waals surface area (Å²) in [6, 6.07) is 2.98. The Balaban J connectivity index is 2.23. The number of hydrogen-bond donors (Lipinski definition) is 1. The fourth-order valence-corrected chi connectivity index (χ4v) is 2.00. The molecular weight excluding hydrogens is 283 g/mol. The van der Waals surface area contributed by atoms with E-state index in [1.807, 2.05) is 0 Å². The van der Waals surface area contributed by atoms with Gasteiger partial charge in [-0.25, -0.2) is 9.78 Å². The number of aliphatic carboxylic acids is 1. The van der Waals surface area contributed by atoms with Gasteiger partial charge in [-0.2, -0.15) is 22.1 Å². The molecule has 0 saturated heterocycles. The molecule has 19 heavy (non-hydrogen) atoms. The highest BCUT2D eigenvalue weighted by Gasteiger charge is 2.36. The molecule has 2 aromatic heterocycles. The number of carbonyl (C=O) groups is 1. The SMILES string of the molecule is O=C(O)C[n+]1ccc(-c2nc(C(F)(F)F)ns2)cc1. The third kappa shape index (κ3) is 3.25. The molecule has 0 amide bonds. The minimum Gasteiger partial charge on any atom is -0.477 e. The van der Waals surface area contributed by atoms with Gasteiger partial charge in [-0.1, -0.05) is 0 Å². The monoisotopic (exact) mass is 290 g/mol. The lowest BCUT2D eigenvalue weighted by atomic mass is 10.3. The summed E-state index contributed by atoms with van der Waals surface area (Å²) in [5.74, 6) is -2.18. The predicted molar refractivity (Wildman–Crippen MR) is 58.2 cm³/mol. The highest BCUT2D eigenvalue weighted by Crippen LogP contribution is 2.30. The number of carboxylic acids is 1. The van der Waals surface area contributed by atoms with Crippen LogP contribution >= 0.6 is 11.5 Å². The van der Waals surface area contributed by atoms with Gasteiger partial charge in [-0.3, -0.25) is 0 Å². The van der Waals surface area contributed by atoms with Crippen molar-refractivity contribution >= 4 is 17.5 Å². The number of alkyl halides is 3. The number of hydrogen-bond acceptors (Lipinski definition) is 4. The lowest BCUT2D eigenvalue weighted by molar-refractivity contribution is -0.685. The van der Waals surface area contributed by atoms with Crippen LogP contribution in [0.2, 0.25) is 0 Å². The predicted octanol–water partition coefficient (Wildman–Crippen LogP) is 1.60. The van der Waals surface area contributed by atoms with Crippen molar-refractivity contribution < 1.29 is 27.6 Å². The number of nitrogens with zero attached hydrogens (tertiary/aromatic N) is 3. The van der Waals surface area contributed by atoms with Gasteiger partial charge in [0.1, 0.15) is 5.01 Å². The van der Waals surface area contributed by atoms with Crippen LogP contribution in [0.4, 0.5) is 13.2 Å². The summed E-state index contributed by atoms with van der Waals surface area (Å²) < 4.78 is 41.6. The van der Waals surface area contributed by atoms with E-state index in [1.54, 1.807) is 0 Å². The van der Waals surface area contributed by atoms with Crippen LogP contribution < -0.4 is 4.57 Å². The molecule has 0 aromatic carbocycles. The van der Waals surface area contributed by atoms with Gasteiger partial charge in [0.05, 0.1) is 0 Å². The summed E-state index contributed by atoms with van der Waals surface area (Å²) in [5.41, 5.74) is 0.453. The standard InChI is InChI=1S/C10H6F3N3O2S/c11-10(12,13)9-14-8(19-15-9)6-1-3-16(4-2-6)5-7(17)18/h1-4H,5H2/p+1. The Morgan fingerprint density at radius 1 is 1.37 bits per heavy atom. The van der Waals surface area contributed by atoms with Crippen molar-refractivity contribution in [2.45, 2.75) is 12.7 Å². The second kappa shape index (κ2) is 4.92. The molecule has 2 aromatic rings. The van der Waals surface area contributed by atoms with Crippen LogP contribution in [0.3, 0.4) is 0 Å². The molecule has 0 radical (unpaired) electrons. The highest BCUT2D eigenvalue weighted by molar-refractivity contribution is 7.09. The van der Waals surface area contributed by atoms with E-state index in [0.717, 1.165) is 0 Å². The molecule has 0 bridgehead atoms. The molecule has 0 fully saturated rings. The van der Waals surface area contributed by atoms with Crippen molar-refractivity contribution in [3.8, 4) is 10.6 Å². The normalized spacial score (nSPS) is 11.5. The maximum Gasteiger partial charge on any atom is 0.452 e. The average Bonchev–Trinajstić information content (AvgIpc) is 2.78. The largest absolute Gasteiger partial charge is 0.477 e. The smallest absolute Gasteiger partial charge is 0.452 e. The Morgan fingerprint density at radius 2 is 2.00 bits per heavy atom. The number of pyridine rings is 1. The van der Waals surface area contributed by atoms with Gasteiger partial charge in [0.2, 0.25) is 12.4 Å². The Kier molecular flexibility index (Phi) is 3.47. The lowest BCUT2D eigenvalue weighted by Crippen LogP contribution is -2.36. The average molecular weight is 290 g/mol. The summed E-state index contributed by atoms with van der Waals surface area (Å²) in [5, 5.41) is 8.71. The molecule has 100 valence electrons. The summed E-state index contributed by atoms with van der Waals surface area (Å²) in [7, 11) is 0. The minimum absolute atomic E-state index is 0.134. The van der Waals surface area contributed by atoms with E-state index < -0.39 is 18.0 Å². The van der Waals surface area contributed by atoms with Crippen LogP contribution in [0.25, 0.3) is 10.6 Å². The van der Waals surface area contributed by atoms with Gasteiger partial charge in [0, 0.05) is 17.7 Å². The number of aromatic nitrogens is 3. The van der Waals surface area contributed by atoms with Crippen LogP contribution in [-0.4, -0.2) is 20.4 Å². The van der Waals surface area contributed by atoms with Gasteiger partial charge in [0.25, 0.3) is 0 Å². The lowest BCUT2D eigenvalue weighted by Gasteiger charge is -1.98. The Morgan fingerprint density at radius 3 is 2.47 bits per heavy atom. The molecule has 1 N–H and O–H groups in total. The van der Waals surface area contributed by atoms with Crippen LogP contribution in [0.15, 0.2) is 24.5 Å². The molecule has 0 aliphatic carbocycles. The van der Waals surface area contributed by atoms with Gasteiger partial charge in [0.15, 0.2) is 12.4 Å². The first-order chi connectivity index (χ1) is 8.86. The fraction of sp³-hybridized carbons (Fsp3) is 0.200. The van der Waals surface area contributed by atoms with Gasteiger partial charge in [-0.05, 0) is 11.5 Å². The molecule has 0 unspecified atom stereocenters. The number of halogens is 3. The van der Waals surface area contributed by atoms with Crippen molar-refractivity contribution in [1.29, 1.82) is 0 Å². The first kappa shape index (κ1) is 13.4. The third-order valence-corrected chi connectivity index (χ3v) is 2.90. The van der Waals surface area contributed by atoms with Gasteiger partial charge < -0.3 is 5.11 Å². The topological polar surface area (TPSA) is 67.0 Å². The van der Waals surface area contributed by atoms with Crippen LogP contribution in [0.5, 0.6) is 0 Å². The maximum atomic E-state index is 12.3. The van der Waals surface area contributed by atoms with Crippen molar-refractivity contribution in [2.24, 2.45) is 0 Å². The molecule has 9 heteroatoms. The van der Waals surface area contributed by atoms with Crippen molar-refractivity contribution in [2.75, 3.05) is 0 Å². The second-order valence-electron chi connectivity index (χ2n) is 3.57. The van der Waals surface area contributed by atoms with Gasteiger partial charge >= 0.3 is 12.1 Å². The van der Waals surface area contributed by atoms with Gasteiger partial charge in [-0.15, -0.1) is 0 Å². The van der Waals surface area contributed by atoms with E-state index in [0.29, 0.717) is 17.1 Å². The zero-order valence-corrected chi connectivity index (χ0v) is 10.1. The van der Waals surface area contributed by atoms with E-state index in [1.165, 1.54) is 29.1 Å². The second-order valence-corrected chi connectivity index (χ2v) is 4.33. The summed E-state index contributed by atoms with van der Waals surface area (Å²) >= 11 is 0.643. The molecule has 2 heterocycles. The van der Waals surface area contributed by atoms with E-state index in [-0.39, 0.29) is 11.6 Å². The summed E-state index contributed by atoms with van der Waals surface area (Å²) in [4.78, 5) is 13.9. The minimum atomic E-state index is -4.56.